The van der Waals surface area contributed by atoms with Gasteiger partial charge in [-0.3, -0.25) is 38.8 Å². The predicted octanol–water partition coefficient (Wildman–Crippen LogP) is 9.01. The van der Waals surface area contributed by atoms with E-state index in [0.717, 1.165) is 101 Å². The molecule has 5 aliphatic heterocycles. The predicted molar refractivity (Wildman–Crippen MR) is 302 cm³/mol. The number of rotatable bonds is 17. The molecule has 18 nitrogen and oxygen atoms in total. The number of nitrogens with one attached hydrogen (secondary N) is 2. The van der Waals surface area contributed by atoms with Crippen molar-refractivity contribution in [1.29, 1.82) is 0 Å². The van der Waals surface area contributed by atoms with Gasteiger partial charge >= 0.3 is 23.9 Å². The van der Waals surface area contributed by atoms with Crippen molar-refractivity contribution in [2.75, 3.05) is 44.3 Å². The van der Waals surface area contributed by atoms with Gasteiger partial charge in [-0.1, -0.05) is 61.9 Å². The number of piperazine rings is 1. The number of benzene rings is 3. The Morgan fingerprint density at radius 3 is 2.47 bits per heavy atom. The van der Waals surface area contributed by atoms with E-state index in [1.165, 1.54) is 10.6 Å². The van der Waals surface area contributed by atoms with Crippen molar-refractivity contribution in [2.45, 2.75) is 152 Å². The van der Waals surface area contributed by atoms with Crippen molar-refractivity contribution in [2.24, 2.45) is 7.05 Å². The standard InChI is InChI=1S/C61H70F2N10O8/c1-6-42-45(62)22-19-38-16-13-17-43(50(38)42)52-51(63)53-44(32-65-52)54(70-33-39-20-21-40(34-70)72(39)59(78)81-60(2,3)4)68-56(67-53)80-36-61-27-14-30-71(61)41(26-28-61)35-79-57(76)64-29-12-10-8-7-9-11-15-37-18-23-46-48(31-37)69(5)58(77)73(46)47-24-25-49(74)66-55(47)75/h1,13,16-19,22-23,31-32,39-41,47H,7-12,14-15,20-21,24-30,33-36H2,2-5H3,(H,64,76)(H,66,74,75)/t39?,40?,41?,47?,61-/m0/s1. The van der Waals surface area contributed by atoms with Crippen LogP contribution in [0.2, 0.25) is 0 Å². The monoisotopic (exact) mass is 1110 g/mol. The molecule has 5 fully saturated rings. The van der Waals surface area contributed by atoms with Crippen molar-refractivity contribution in [3.05, 3.63) is 88.0 Å². The summed E-state index contributed by atoms with van der Waals surface area (Å²) in [7, 11) is 1.71. The van der Waals surface area contributed by atoms with Gasteiger partial charge in [-0.15, -0.1) is 6.42 Å². The molecule has 2 N–H and O–H groups in total. The van der Waals surface area contributed by atoms with Crippen molar-refractivity contribution >= 4 is 62.5 Å². The number of hydrogen-bond donors (Lipinski definition) is 2. The molecular weight excluding hydrogens is 1040 g/mol. The number of imidazole rings is 1. The van der Waals surface area contributed by atoms with Gasteiger partial charge in [-0.2, -0.15) is 9.97 Å². The number of amides is 4. The van der Waals surface area contributed by atoms with E-state index >= 15 is 8.78 Å². The summed E-state index contributed by atoms with van der Waals surface area (Å²) in [5.74, 6) is 0.802. The summed E-state index contributed by atoms with van der Waals surface area (Å²) < 4.78 is 53.8. The molecule has 0 radical (unpaired) electrons. The van der Waals surface area contributed by atoms with Crippen LogP contribution in [0.5, 0.6) is 6.01 Å². The van der Waals surface area contributed by atoms with E-state index in [4.69, 9.17) is 30.6 Å². The number of halogens is 2. The number of fused-ring (bicyclic) bond motifs is 6. The second-order valence-corrected chi connectivity index (χ2v) is 23.6. The number of aromatic nitrogens is 5. The molecule has 3 aromatic heterocycles. The van der Waals surface area contributed by atoms with E-state index in [1.807, 2.05) is 43.9 Å². The van der Waals surface area contributed by atoms with Crippen LogP contribution in [0, 0.1) is 24.0 Å². The third-order valence-corrected chi connectivity index (χ3v) is 17.2. The highest BCUT2D eigenvalue weighted by Gasteiger charge is 2.51. The summed E-state index contributed by atoms with van der Waals surface area (Å²) in [4.78, 5) is 84.5. The first kappa shape index (κ1) is 55.3. The molecule has 0 saturated carbocycles. The zero-order valence-corrected chi connectivity index (χ0v) is 46.5. The number of piperidine rings is 1. The SMILES string of the molecule is C#Cc1c(F)ccc2cccc(-c3ncc4c(N5CC6CCC(C5)N6C(=O)OC(C)(C)C)nc(OC[C@@]56CCCN5C(COC(=O)NCCCCCCCCc5ccc7c(c5)n(C)c(=O)n7C5CCC(=O)NC5=O)CC6)nc4c3F)c12. The number of hydrogen-bond acceptors (Lipinski definition) is 13. The number of aryl methyl sites for hydroxylation is 2. The fourth-order valence-corrected chi connectivity index (χ4v) is 13.3. The number of unbranched alkanes of at least 4 members (excludes halogenated alkanes) is 5. The summed E-state index contributed by atoms with van der Waals surface area (Å²) in [6, 6.07) is 13.0. The van der Waals surface area contributed by atoms with E-state index in [0.29, 0.717) is 59.1 Å². The van der Waals surface area contributed by atoms with Crippen LogP contribution in [-0.4, -0.2) is 127 Å². The lowest BCUT2D eigenvalue weighted by molar-refractivity contribution is -0.135. The molecule has 20 heteroatoms. The number of pyridine rings is 1. The molecule has 2 bridgehead atoms. The maximum Gasteiger partial charge on any atom is 0.410 e. The van der Waals surface area contributed by atoms with E-state index in [2.05, 4.69) is 31.3 Å². The summed E-state index contributed by atoms with van der Waals surface area (Å²) in [6.07, 6.45) is 18.8. The number of nitrogens with zero attached hydrogens (tertiary/aromatic N) is 8. The Hall–Kier alpha value is -7.66. The molecule has 4 amide bonds. The van der Waals surface area contributed by atoms with Crippen LogP contribution in [0.1, 0.15) is 128 Å². The molecule has 0 spiro atoms. The Balaban J connectivity index is 0.692. The third-order valence-electron chi connectivity index (χ3n) is 17.2. The first-order chi connectivity index (χ1) is 39.0. The van der Waals surface area contributed by atoms with E-state index in [9.17, 15) is 24.0 Å². The minimum atomic E-state index is -0.730. The van der Waals surface area contributed by atoms with Crippen LogP contribution in [0.15, 0.2) is 59.5 Å². The average Bonchev–Trinajstić information content (AvgIpc) is 4.35. The second-order valence-electron chi connectivity index (χ2n) is 23.6. The number of carbonyl (C=O) groups is 4. The van der Waals surface area contributed by atoms with Gasteiger partial charge in [0.2, 0.25) is 11.8 Å². The summed E-state index contributed by atoms with van der Waals surface area (Å²) in [5.41, 5.74) is 1.54. The fraction of sp³-hybridized carbons (Fsp3) is 0.508. The molecule has 5 aliphatic rings. The van der Waals surface area contributed by atoms with Gasteiger partial charge in [-0.25, -0.2) is 23.2 Å². The number of carbonyl (C=O) groups excluding carboxylic acids is 4. The highest BCUT2D eigenvalue weighted by atomic mass is 19.1. The molecule has 6 aromatic rings. The van der Waals surface area contributed by atoms with Crippen molar-refractivity contribution in [3.8, 4) is 29.6 Å². The zero-order chi connectivity index (χ0) is 56.7. The molecule has 5 saturated heterocycles. The Morgan fingerprint density at radius 2 is 1.70 bits per heavy atom. The maximum absolute atomic E-state index is 17.4. The van der Waals surface area contributed by atoms with Crippen LogP contribution in [0.4, 0.5) is 24.2 Å². The molecule has 0 aliphatic carbocycles. The summed E-state index contributed by atoms with van der Waals surface area (Å²) in [5, 5.41) is 6.66. The van der Waals surface area contributed by atoms with Crippen molar-refractivity contribution in [3.63, 3.8) is 0 Å². The lowest BCUT2D eigenvalue weighted by atomic mass is 9.95. The number of terminal acetylenes is 1. The van der Waals surface area contributed by atoms with Gasteiger partial charge in [-0.05, 0) is 121 Å². The van der Waals surface area contributed by atoms with Crippen LogP contribution in [0.3, 0.4) is 0 Å². The first-order valence-electron chi connectivity index (χ1n) is 28.7. The Morgan fingerprint density at radius 1 is 0.926 bits per heavy atom. The highest BCUT2D eigenvalue weighted by Crippen LogP contribution is 2.44. The number of ether oxygens (including phenoxy) is 3. The van der Waals surface area contributed by atoms with Crippen LogP contribution in [-0.2, 0) is 32.5 Å². The summed E-state index contributed by atoms with van der Waals surface area (Å²) >= 11 is 0. The highest BCUT2D eigenvalue weighted by molar-refractivity contribution is 6.02. The van der Waals surface area contributed by atoms with Crippen LogP contribution >= 0.6 is 0 Å². The quantitative estimate of drug-likeness (QED) is 0.0500. The largest absolute Gasteiger partial charge is 0.461 e. The first-order valence-corrected chi connectivity index (χ1v) is 28.7. The van der Waals surface area contributed by atoms with E-state index in [-0.39, 0.29) is 83.8 Å². The molecule has 8 heterocycles. The lowest BCUT2D eigenvalue weighted by Crippen LogP contribution is -2.57. The number of alkyl carbamates (subject to hydrolysis) is 1. The molecule has 4 unspecified atom stereocenters. The maximum atomic E-state index is 17.4. The minimum Gasteiger partial charge on any atom is -0.461 e. The number of imide groups is 1. The third kappa shape index (κ3) is 11.0. The number of anilines is 1. The molecular formula is C61H70F2N10O8. The minimum absolute atomic E-state index is 0.00494. The van der Waals surface area contributed by atoms with Gasteiger partial charge in [0.05, 0.1) is 39.6 Å². The van der Waals surface area contributed by atoms with Gasteiger partial charge in [0, 0.05) is 56.3 Å². The fourth-order valence-electron chi connectivity index (χ4n) is 13.3. The van der Waals surface area contributed by atoms with Gasteiger partial charge in [0.15, 0.2) is 5.82 Å². The molecule has 3 aromatic carbocycles. The zero-order valence-electron chi connectivity index (χ0n) is 46.5. The lowest BCUT2D eigenvalue weighted by Gasteiger charge is -2.42. The smallest absolute Gasteiger partial charge is 0.410 e. The molecule has 11 rings (SSSR count). The molecule has 426 valence electrons. The van der Waals surface area contributed by atoms with Crippen molar-refractivity contribution < 1.29 is 42.2 Å². The van der Waals surface area contributed by atoms with Gasteiger partial charge < -0.3 is 24.4 Å². The normalized spacial score (nSPS) is 21.9. The second kappa shape index (κ2) is 22.7. The van der Waals surface area contributed by atoms with E-state index in [1.54, 1.807) is 42.1 Å². The van der Waals surface area contributed by atoms with Crippen molar-refractivity contribution in [1.82, 2.24) is 44.5 Å². The molecule has 5 atom stereocenters. The van der Waals surface area contributed by atoms with Crippen LogP contribution < -0.4 is 26.0 Å². The average molecular weight is 1110 g/mol. The Labute approximate surface area is 468 Å². The topological polar surface area (TPSA) is 195 Å². The Kier molecular flexibility index (Phi) is 15.5. The Bertz CT molecular complexity index is 3540. The van der Waals surface area contributed by atoms with Gasteiger partial charge in [0.25, 0.3) is 0 Å². The van der Waals surface area contributed by atoms with Gasteiger partial charge in [0.1, 0.15) is 47.7 Å². The van der Waals surface area contributed by atoms with Crippen LogP contribution in [0.25, 0.3) is 44.0 Å². The van der Waals surface area contributed by atoms with E-state index < -0.39 is 35.3 Å². The molecule has 81 heavy (non-hydrogen) atoms. The summed E-state index contributed by atoms with van der Waals surface area (Å²) in [6.45, 7) is 8.18.